The molecule has 0 aliphatic carbocycles. The number of nitrogens with zero attached hydrogens (tertiary/aromatic N) is 2. The van der Waals surface area contributed by atoms with E-state index in [2.05, 4.69) is 48.6 Å². The Kier molecular flexibility index (Phi) is 8.29. The Morgan fingerprint density at radius 3 is 2.63 bits per heavy atom. The number of hydrogen-bond acceptors (Lipinski definition) is 5. The molecule has 0 atom stereocenters. The van der Waals surface area contributed by atoms with Crippen LogP contribution in [-0.4, -0.2) is 21.8 Å². The third-order valence-electron chi connectivity index (χ3n) is 3.78. The number of ether oxygens (including phenoxy) is 1. The highest BCUT2D eigenvalue weighted by Crippen LogP contribution is 2.27. The van der Waals surface area contributed by atoms with Gasteiger partial charge in [0.2, 0.25) is 0 Å². The smallest absolute Gasteiger partial charge is 0.280 e. The van der Waals surface area contributed by atoms with Crippen LogP contribution in [0.1, 0.15) is 17.5 Å². The second kappa shape index (κ2) is 10.7. The van der Waals surface area contributed by atoms with Gasteiger partial charge in [-0.2, -0.15) is 0 Å². The van der Waals surface area contributed by atoms with Gasteiger partial charge in [0.1, 0.15) is 10.2 Å². The van der Waals surface area contributed by atoms with Gasteiger partial charge in [0, 0.05) is 18.9 Å². The fraction of sp³-hybridized carbons (Fsp3) is 0.211. The third-order valence-corrected chi connectivity index (χ3v) is 4.53. The molecule has 2 aromatic heterocycles. The standard InChI is InChI=1S/C19H19BrN4O2.ClH/c20-16-17(22-13-15-8-4-10-21-12-15)19(24-23-18(16)25)26-11-5-9-14-6-2-1-3-7-14;/h1-4,6-8,10,12H,5,9,11,13H2,(H2,22,23,25);1H. The summed E-state index contributed by atoms with van der Waals surface area (Å²) in [5.74, 6) is 0.369. The molecule has 0 amide bonds. The highest BCUT2D eigenvalue weighted by atomic mass is 79.9. The number of halogens is 2. The molecule has 2 heterocycles. The maximum Gasteiger partial charge on any atom is 0.280 e. The molecule has 1 aromatic carbocycles. The Bertz CT molecular complexity index is 891. The van der Waals surface area contributed by atoms with Crippen LogP contribution >= 0.6 is 28.3 Å². The zero-order chi connectivity index (χ0) is 18.2. The Morgan fingerprint density at radius 2 is 1.89 bits per heavy atom. The zero-order valence-electron chi connectivity index (χ0n) is 14.5. The van der Waals surface area contributed by atoms with Crippen LogP contribution in [-0.2, 0) is 13.0 Å². The molecule has 0 aliphatic rings. The van der Waals surface area contributed by atoms with Gasteiger partial charge in [-0.15, -0.1) is 17.5 Å². The van der Waals surface area contributed by atoms with Crippen molar-refractivity contribution in [2.24, 2.45) is 0 Å². The first-order chi connectivity index (χ1) is 12.7. The van der Waals surface area contributed by atoms with Gasteiger partial charge in [0.15, 0.2) is 0 Å². The maximum absolute atomic E-state index is 11.8. The van der Waals surface area contributed by atoms with Crippen molar-refractivity contribution in [3.8, 4) is 5.88 Å². The molecule has 0 saturated carbocycles. The number of anilines is 1. The minimum Gasteiger partial charge on any atom is -0.475 e. The van der Waals surface area contributed by atoms with Gasteiger partial charge < -0.3 is 10.1 Å². The molecule has 0 aliphatic heterocycles. The van der Waals surface area contributed by atoms with E-state index < -0.39 is 0 Å². The molecule has 0 fully saturated rings. The zero-order valence-corrected chi connectivity index (χ0v) is 16.9. The molecule has 6 nitrogen and oxygen atoms in total. The van der Waals surface area contributed by atoms with Gasteiger partial charge >= 0.3 is 0 Å². The SMILES string of the molecule is Cl.O=c1[nH]nc(OCCCc2ccccc2)c(NCc2cccnc2)c1Br. The topological polar surface area (TPSA) is 79.9 Å². The van der Waals surface area contributed by atoms with Gasteiger partial charge in [0.25, 0.3) is 11.4 Å². The summed E-state index contributed by atoms with van der Waals surface area (Å²) in [6, 6.07) is 14.1. The van der Waals surface area contributed by atoms with Crippen molar-refractivity contribution in [2.45, 2.75) is 19.4 Å². The number of aromatic amines is 1. The van der Waals surface area contributed by atoms with Crippen LogP contribution in [0.5, 0.6) is 5.88 Å². The lowest BCUT2D eigenvalue weighted by Crippen LogP contribution is -2.15. The van der Waals surface area contributed by atoms with Crippen LogP contribution in [0.3, 0.4) is 0 Å². The van der Waals surface area contributed by atoms with E-state index in [0.29, 0.717) is 29.2 Å². The van der Waals surface area contributed by atoms with Crippen molar-refractivity contribution in [2.75, 3.05) is 11.9 Å². The van der Waals surface area contributed by atoms with Gasteiger partial charge in [0.05, 0.1) is 6.61 Å². The molecular weight excluding hydrogens is 432 g/mol. The number of nitrogens with one attached hydrogen (secondary N) is 2. The van der Waals surface area contributed by atoms with E-state index in [1.54, 1.807) is 12.4 Å². The van der Waals surface area contributed by atoms with Gasteiger partial charge in [-0.1, -0.05) is 36.4 Å². The van der Waals surface area contributed by atoms with Crippen LogP contribution in [0, 0.1) is 0 Å². The lowest BCUT2D eigenvalue weighted by Gasteiger charge is -2.13. The van der Waals surface area contributed by atoms with Crippen molar-refractivity contribution in [3.63, 3.8) is 0 Å². The Hall–Kier alpha value is -2.38. The lowest BCUT2D eigenvalue weighted by molar-refractivity contribution is 0.296. The predicted molar refractivity (Wildman–Crippen MR) is 112 cm³/mol. The largest absolute Gasteiger partial charge is 0.475 e. The Morgan fingerprint density at radius 1 is 1.11 bits per heavy atom. The highest BCUT2D eigenvalue weighted by molar-refractivity contribution is 9.10. The summed E-state index contributed by atoms with van der Waals surface area (Å²) in [5, 5.41) is 9.67. The molecule has 3 aromatic rings. The van der Waals surface area contributed by atoms with Gasteiger partial charge in [-0.05, 0) is 46.0 Å². The molecule has 2 N–H and O–H groups in total. The van der Waals surface area contributed by atoms with E-state index in [0.717, 1.165) is 18.4 Å². The van der Waals surface area contributed by atoms with Crippen molar-refractivity contribution < 1.29 is 4.74 Å². The first-order valence-corrected chi connectivity index (χ1v) is 9.11. The monoisotopic (exact) mass is 450 g/mol. The van der Waals surface area contributed by atoms with E-state index in [1.165, 1.54) is 5.56 Å². The number of aromatic nitrogens is 3. The normalized spacial score (nSPS) is 10.1. The summed E-state index contributed by atoms with van der Waals surface area (Å²) in [7, 11) is 0. The van der Waals surface area contributed by atoms with E-state index in [-0.39, 0.29) is 18.0 Å². The molecule has 8 heteroatoms. The third kappa shape index (κ3) is 6.08. The predicted octanol–water partition coefficient (Wildman–Crippen LogP) is 3.97. The average molecular weight is 452 g/mol. The molecule has 0 saturated heterocycles. The number of H-pyrrole nitrogens is 1. The lowest BCUT2D eigenvalue weighted by atomic mass is 10.1. The Labute approximate surface area is 171 Å². The average Bonchev–Trinajstić information content (AvgIpc) is 2.69. The number of benzene rings is 1. The summed E-state index contributed by atoms with van der Waals surface area (Å²) >= 11 is 3.31. The van der Waals surface area contributed by atoms with E-state index in [4.69, 9.17) is 4.74 Å². The van der Waals surface area contributed by atoms with E-state index in [1.807, 2.05) is 30.3 Å². The maximum atomic E-state index is 11.8. The van der Waals surface area contributed by atoms with Crippen LogP contribution in [0.4, 0.5) is 5.69 Å². The van der Waals surface area contributed by atoms with Crippen molar-refractivity contribution in [1.82, 2.24) is 15.2 Å². The first kappa shape index (κ1) is 20.9. The summed E-state index contributed by atoms with van der Waals surface area (Å²) in [4.78, 5) is 15.9. The number of aryl methyl sites for hydroxylation is 1. The van der Waals surface area contributed by atoms with Gasteiger partial charge in [-0.3, -0.25) is 9.78 Å². The molecular formula is C19H20BrClN4O2. The van der Waals surface area contributed by atoms with Crippen LogP contribution in [0.2, 0.25) is 0 Å². The molecule has 27 heavy (non-hydrogen) atoms. The minimum atomic E-state index is -0.310. The number of rotatable bonds is 8. The summed E-state index contributed by atoms with van der Waals surface area (Å²) in [6.45, 7) is 1.01. The van der Waals surface area contributed by atoms with E-state index in [9.17, 15) is 4.79 Å². The highest BCUT2D eigenvalue weighted by Gasteiger charge is 2.13. The summed E-state index contributed by atoms with van der Waals surface area (Å²) < 4.78 is 6.16. The van der Waals surface area contributed by atoms with E-state index >= 15 is 0 Å². The van der Waals surface area contributed by atoms with Crippen molar-refractivity contribution in [3.05, 3.63) is 80.8 Å². The minimum absolute atomic E-state index is 0. The van der Waals surface area contributed by atoms with Crippen molar-refractivity contribution >= 4 is 34.0 Å². The number of hydrogen-bond donors (Lipinski definition) is 2. The summed E-state index contributed by atoms with van der Waals surface area (Å²) in [6.07, 6.45) is 5.26. The molecule has 0 spiro atoms. The van der Waals surface area contributed by atoms with Crippen molar-refractivity contribution in [1.29, 1.82) is 0 Å². The molecule has 3 rings (SSSR count). The van der Waals surface area contributed by atoms with Crippen LogP contribution in [0.25, 0.3) is 0 Å². The van der Waals surface area contributed by atoms with Crippen LogP contribution < -0.4 is 15.6 Å². The number of pyridine rings is 1. The molecule has 0 bridgehead atoms. The fourth-order valence-corrected chi connectivity index (χ4v) is 2.85. The second-order valence-corrected chi connectivity index (χ2v) is 6.49. The second-order valence-electron chi connectivity index (χ2n) is 5.70. The molecule has 142 valence electrons. The summed E-state index contributed by atoms with van der Waals surface area (Å²) in [5.41, 5.74) is 2.49. The molecule has 0 radical (unpaired) electrons. The van der Waals surface area contributed by atoms with Gasteiger partial charge in [-0.25, -0.2) is 5.10 Å². The molecule has 0 unspecified atom stereocenters. The fourth-order valence-electron chi connectivity index (χ4n) is 2.45. The quantitative estimate of drug-likeness (QED) is 0.507. The first-order valence-electron chi connectivity index (χ1n) is 8.31. The van der Waals surface area contributed by atoms with Crippen LogP contribution in [0.15, 0.2) is 64.1 Å². The Balaban J connectivity index is 0.00000261.